The number of alkyl halides is 3. The van der Waals surface area contributed by atoms with E-state index in [0.717, 1.165) is 6.07 Å². The lowest BCUT2D eigenvalue weighted by molar-refractivity contribution is -0.137. The lowest BCUT2D eigenvalue weighted by Gasteiger charge is -2.14. The van der Waals surface area contributed by atoms with Crippen molar-refractivity contribution in [2.24, 2.45) is 0 Å². The third-order valence-corrected chi connectivity index (χ3v) is 2.85. The van der Waals surface area contributed by atoms with Gasteiger partial charge in [-0.25, -0.2) is 0 Å². The van der Waals surface area contributed by atoms with E-state index in [4.69, 9.17) is 0 Å². The average molecular weight is 336 g/mol. The van der Waals surface area contributed by atoms with E-state index < -0.39 is 11.7 Å². The Morgan fingerprint density at radius 2 is 2.11 bits per heavy atom. The summed E-state index contributed by atoms with van der Waals surface area (Å²) in [6.07, 6.45) is -2.85. The number of hydrogen-bond acceptors (Lipinski definition) is 4. The predicted octanol–water partition coefficient (Wildman–Crippen LogP) is 3.51. The third kappa shape index (κ3) is 3.69. The minimum Gasteiger partial charge on any atom is -0.384 e. The third-order valence-electron chi connectivity index (χ3n) is 2.36. The SMILES string of the molecule is FC(F)(F)c1cc(Br)ccc1NCCc1ncon1. The minimum absolute atomic E-state index is 0.0270. The summed E-state index contributed by atoms with van der Waals surface area (Å²) in [7, 11) is 0. The van der Waals surface area contributed by atoms with Crippen molar-refractivity contribution >= 4 is 21.6 Å². The molecule has 2 rings (SSSR count). The molecule has 4 nitrogen and oxygen atoms in total. The molecule has 8 heteroatoms. The van der Waals surface area contributed by atoms with Gasteiger partial charge in [0.15, 0.2) is 5.82 Å². The summed E-state index contributed by atoms with van der Waals surface area (Å²) in [5.41, 5.74) is -0.686. The Kier molecular flexibility index (Phi) is 4.08. The first-order valence-corrected chi connectivity index (χ1v) is 6.12. The number of benzene rings is 1. The van der Waals surface area contributed by atoms with E-state index >= 15 is 0 Å². The highest BCUT2D eigenvalue weighted by Gasteiger charge is 2.33. The number of halogens is 4. The molecule has 0 atom stereocenters. The summed E-state index contributed by atoms with van der Waals surface area (Å²) >= 11 is 3.03. The highest BCUT2D eigenvalue weighted by Crippen LogP contribution is 2.36. The molecule has 0 fully saturated rings. The van der Waals surface area contributed by atoms with Gasteiger partial charge in [0.05, 0.1) is 5.56 Å². The molecule has 0 aliphatic carbocycles. The fraction of sp³-hybridized carbons (Fsp3) is 0.273. The maximum atomic E-state index is 12.8. The highest BCUT2D eigenvalue weighted by atomic mass is 79.9. The van der Waals surface area contributed by atoms with Crippen LogP contribution in [0.15, 0.2) is 33.6 Å². The number of aromatic nitrogens is 2. The van der Waals surface area contributed by atoms with E-state index in [9.17, 15) is 13.2 Å². The average Bonchev–Trinajstić information content (AvgIpc) is 2.83. The van der Waals surface area contributed by atoms with E-state index in [-0.39, 0.29) is 12.2 Å². The molecule has 0 amide bonds. The van der Waals surface area contributed by atoms with Crippen molar-refractivity contribution in [2.45, 2.75) is 12.6 Å². The summed E-state index contributed by atoms with van der Waals surface area (Å²) in [6, 6.07) is 3.96. The van der Waals surface area contributed by atoms with Crippen LogP contribution in [0.3, 0.4) is 0 Å². The molecular weight excluding hydrogens is 327 g/mol. The van der Waals surface area contributed by atoms with Crippen molar-refractivity contribution in [3.8, 4) is 0 Å². The maximum Gasteiger partial charge on any atom is 0.418 e. The largest absolute Gasteiger partial charge is 0.418 e. The zero-order chi connectivity index (χ0) is 13.9. The second kappa shape index (κ2) is 5.60. The molecule has 0 saturated heterocycles. The molecule has 0 radical (unpaired) electrons. The number of rotatable bonds is 4. The molecule has 0 spiro atoms. The molecule has 19 heavy (non-hydrogen) atoms. The molecule has 102 valence electrons. The molecule has 0 aliphatic rings. The molecule has 0 aliphatic heterocycles. The van der Waals surface area contributed by atoms with Crippen LogP contribution in [0.4, 0.5) is 18.9 Å². The molecule has 1 aromatic heterocycles. The van der Waals surface area contributed by atoms with Gasteiger partial charge in [0.2, 0.25) is 6.39 Å². The van der Waals surface area contributed by atoms with Gasteiger partial charge in [-0.05, 0) is 18.2 Å². The van der Waals surface area contributed by atoms with Crippen LogP contribution in [0.1, 0.15) is 11.4 Å². The summed E-state index contributed by atoms with van der Waals surface area (Å²) < 4.78 is 43.4. The summed E-state index contributed by atoms with van der Waals surface area (Å²) in [5.74, 6) is 0.443. The first kappa shape index (κ1) is 13.9. The Hall–Kier alpha value is -1.57. The Bertz CT molecular complexity index is 543. The van der Waals surface area contributed by atoms with Crippen molar-refractivity contribution in [1.29, 1.82) is 0 Å². The fourth-order valence-corrected chi connectivity index (χ4v) is 1.88. The van der Waals surface area contributed by atoms with Crippen LogP contribution in [0.5, 0.6) is 0 Å². The lowest BCUT2D eigenvalue weighted by atomic mass is 10.1. The quantitative estimate of drug-likeness (QED) is 0.928. The highest BCUT2D eigenvalue weighted by molar-refractivity contribution is 9.10. The van der Waals surface area contributed by atoms with Gasteiger partial charge in [-0.2, -0.15) is 18.2 Å². The van der Waals surface area contributed by atoms with Crippen LogP contribution < -0.4 is 5.32 Å². The van der Waals surface area contributed by atoms with Gasteiger partial charge in [-0.1, -0.05) is 21.1 Å². The van der Waals surface area contributed by atoms with Crippen LogP contribution in [0.25, 0.3) is 0 Å². The molecule has 2 aromatic rings. The number of nitrogens with one attached hydrogen (secondary N) is 1. The monoisotopic (exact) mass is 335 g/mol. The Labute approximate surface area is 115 Å². The summed E-state index contributed by atoms with van der Waals surface area (Å²) in [6.45, 7) is 0.282. The van der Waals surface area contributed by atoms with E-state index in [0.29, 0.717) is 16.7 Å². The van der Waals surface area contributed by atoms with Crippen LogP contribution in [0.2, 0.25) is 0 Å². The van der Waals surface area contributed by atoms with E-state index in [1.54, 1.807) is 6.07 Å². The summed E-state index contributed by atoms with van der Waals surface area (Å²) in [4.78, 5) is 3.79. The molecule has 0 unspecified atom stereocenters. The number of anilines is 1. The van der Waals surface area contributed by atoms with Gasteiger partial charge < -0.3 is 9.84 Å². The zero-order valence-electron chi connectivity index (χ0n) is 9.54. The van der Waals surface area contributed by atoms with Gasteiger partial charge in [-0.15, -0.1) is 0 Å². The number of nitrogens with zero attached hydrogens (tertiary/aromatic N) is 2. The normalized spacial score (nSPS) is 11.6. The lowest BCUT2D eigenvalue weighted by Crippen LogP contribution is -2.13. The molecule has 1 heterocycles. The Morgan fingerprint density at radius 1 is 1.32 bits per heavy atom. The van der Waals surface area contributed by atoms with Gasteiger partial charge in [0, 0.05) is 23.1 Å². The van der Waals surface area contributed by atoms with Crippen LogP contribution in [-0.4, -0.2) is 16.7 Å². The second-order valence-corrected chi connectivity index (χ2v) is 4.63. The van der Waals surface area contributed by atoms with Crippen molar-refractivity contribution in [1.82, 2.24) is 10.1 Å². The predicted molar refractivity (Wildman–Crippen MR) is 65.6 cm³/mol. The molecule has 0 saturated carbocycles. The molecular formula is C11H9BrF3N3O. The molecule has 0 bridgehead atoms. The van der Waals surface area contributed by atoms with Crippen LogP contribution in [-0.2, 0) is 12.6 Å². The standard InChI is InChI=1S/C11H9BrF3N3O/c12-7-1-2-9(8(5-7)11(13,14)15)16-4-3-10-17-6-19-18-10/h1-2,5-6,16H,3-4H2. The smallest absolute Gasteiger partial charge is 0.384 e. The Balaban J connectivity index is 2.07. The Morgan fingerprint density at radius 3 is 2.74 bits per heavy atom. The van der Waals surface area contributed by atoms with Crippen molar-refractivity contribution in [3.05, 3.63) is 40.5 Å². The van der Waals surface area contributed by atoms with Gasteiger partial charge in [0.1, 0.15) is 0 Å². The maximum absolute atomic E-state index is 12.8. The van der Waals surface area contributed by atoms with Crippen LogP contribution in [0, 0.1) is 0 Å². The van der Waals surface area contributed by atoms with Crippen LogP contribution >= 0.6 is 15.9 Å². The summed E-state index contributed by atoms with van der Waals surface area (Å²) in [5, 5.41) is 6.30. The first-order chi connectivity index (χ1) is 8.97. The van der Waals surface area contributed by atoms with Crippen molar-refractivity contribution in [2.75, 3.05) is 11.9 Å². The molecule has 1 aromatic carbocycles. The van der Waals surface area contributed by atoms with Gasteiger partial charge in [-0.3, -0.25) is 0 Å². The fourth-order valence-electron chi connectivity index (χ4n) is 1.52. The van der Waals surface area contributed by atoms with Gasteiger partial charge in [0.25, 0.3) is 0 Å². The van der Waals surface area contributed by atoms with E-state index in [2.05, 4.69) is 35.9 Å². The topological polar surface area (TPSA) is 51.0 Å². The number of hydrogen-bond donors (Lipinski definition) is 1. The molecule has 1 N–H and O–H groups in total. The minimum atomic E-state index is -4.40. The van der Waals surface area contributed by atoms with E-state index in [1.807, 2.05) is 0 Å². The van der Waals surface area contributed by atoms with Gasteiger partial charge >= 0.3 is 6.18 Å². The first-order valence-electron chi connectivity index (χ1n) is 5.32. The van der Waals surface area contributed by atoms with E-state index in [1.165, 1.54) is 12.5 Å². The zero-order valence-corrected chi connectivity index (χ0v) is 11.1. The second-order valence-electron chi connectivity index (χ2n) is 3.71. The van der Waals surface area contributed by atoms with Crippen molar-refractivity contribution in [3.63, 3.8) is 0 Å². The van der Waals surface area contributed by atoms with Crippen molar-refractivity contribution < 1.29 is 17.7 Å².